The first-order valence-corrected chi connectivity index (χ1v) is 14.3. The fourth-order valence-corrected chi connectivity index (χ4v) is 6.02. The maximum atomic E-state index is 13.5. The Labute approximate surface area is 218 Å². The number of hydrogen-bond donors (Lipinski definition) is 0. The van der Waals surface area contributed by atoms with Gasteiger partial charge in [0, 0.05) is 19.6 Å². The molecule has 1 saturated heterocycles. The molecule has 0 spiro atoms. The molecule has 0 aliphatic carbocycles. The van der Waals surface area contributed by atoms with Crippen molar-refractivity contribution >= 4 is 15.7 Å². The number of nitrogens with zero attached hydrogens (tertiary/aromatic N) is 3. The average Bonchev–Trinajstić information content (AvgIpc) is 3.51. The van der Waals surface area contributed by atoms with Gasteiger partial charge in [0.25, 0.3) is 0 Å². The second-order valence-corrected chi connectivity index (χ2v) is 11.9. The van der Waals surface area contributed by atoms with Crippen LogP contribution < -0.4 is 0 Å². The summed E-state index contributed by atoms with van der Waals surface area (Å²) in [6.45, 7) is 5.68. The van der Waals surface area contributed by atoms with Crippen molar-refractivity contribution in [2.45, 2.75) is 63.2 Å². The van der Waals surface area contributed by atoms with E-state index in [1.165, 1.54) is 24.3 Å². The highest BCUT2D eigenvalue weighted by atomic mass is 32.2. The third-order valence-corrected chi connectivity index (χ3v) is 7.97. The molecule has 1 unspecified atom stereocenters. The van der Waals surface area contributed by atoms with Gasteiger partial charge in [-0.25, -0.2) is 17.8 Å². The molecule has 7 nitrogen and oxygen atoms in total. The van der Waals surface area contributed by atoms with Crippen LogP contribution in [0.15, 0.2) is 66.0 Å². The molecular weight excluding hydrogens is 493 g/mol. The van der Waals surface area contributed by atoms with Gasteiger partial charge < -0.3 is 14.2 Å². The largest absolute Gasteiger partial charge is 0.376 e. The van der Waals surface area contributed by atoms with E-state index in [4.69, 9.17) is 4.74 Å². The van der Waals surface area contributed by atoms with E-state index in [9.17, 15) is 17.6 Å². The molecule has 2 heterocycles. The van der Waals surface area contributed by atoms with Crippen molar-refractivity contribution in [2.75, 3.05) is 13.2 Å². The first-order chi connectivity index (χ1) is 17.7. The molecule has 1 aliphatic heterocycles. The van der Waals surface area contributed by atoms with Gasteiger partial charge in [0.2, 0.25) is 20.9 Å². The zero-order chi connectivity index (χ0) is 26.4. The lowest BCUT2D eigenvalue weighted by Gasteiger charge is -2.27. The van der Waals surface area contributed by atoms with Crippen LogP contribution in [0.4, 0.5) is 4.39 Å². The Morgan fingerprint density at radius 3 is 2.51 bits per heavy atom. The number of rotatable bonds is 11. The van der Waals surface area contributed by atoms with Gasteiger partial charge in [-0.15, -0.1) is 0 Å². The number of benzene rings is 2. The molecule has 198 valence electrons. The highest BCUT2D eigenvalue weighted by Crippen LogP contribution is 2.22. The topological polar surface area (TPSA) is 81.5 Å². The Kier molecular flexibility index (Phi) is 8.76. The fraction of sp³-hybridized carbons (Fsp3) is 0.429. The molecule has 1 aromatic heterocycles. The quantitative estimate of drug-likeness (QED) is 0.364. The molecule has 1 amide bonds. The Morgan fingerprint density at radius 2 is 1.86 bits per heavy atom. The van der Waals surface area contributed by atoms with Gasteiger partial charge in [-0.1, -0.05) is 56.3 Å². The van der Waals surface area contributed by atoms with E-state index < -0.39 is 15.7 Å². The molecule has 37 heavy (non-hydrogen) atoms. The molecule has 0 N–H and O–H groups in total. The van der Waals surface area contributed by atoms with Crippen molar-refractivity contribution in [3.05, 3.63) is 83.4 Å². The van der Waals surface area contributed by atoms with Gasteiger partial charge in [0.1, 0.15) is 5.82 Å². The van der Waals surface area contributed by atoms with Gasteiger partial charge >= 0.3 is 0 Å². The van der Waals surface area contributed by atoms with Crippen molar-refractivity contribution in [1.29, 1.82) is 0 Å². The zero-order valence-electron chi connectivity index (χ0n) is 21.3. The number of halogens is 1. The number of hydrogen-bond acceptors (Lipinski definition) is 5. The first-order valence-electron chi connectivity index (χ1n) is 12.7. The molecule has 2 aromatic carbocycles. The summed E-state index contributed by atoms with van der Waals surface area (Å²) < 4.78 is 47.8. The monoisotopic (exact) mass is 527 g/mol. The zero-order valence-corrected chi connectivity index (χ0v) is 22.2. The minimum Gasteiger partial charge on any atom is -0.376 e. The first kappa shape index (κ1) is 27.0. The van der Waals surface area contributed by atoms with Gasteiger partial charge in [-0.2, -0.15) is 0 Å². The Balaban J connectivity index is 1.67. The van der Waals surface area contributed by atoms with Crippen molar-refractivity contribution < 1.29 is 22.3 Å². The Bertz CT molecular complexity index is 1280. The van der Waals surface area contributed by atoms with E-state index in [2.05, 4.69) is 4.98 Å². The summed E-state index contributed by atoms with van der Waals surface area (Å²) in [7, 11) is -3.85. The maximum absolute atomic E-state index is 13.5. The summed E-state index contributed by atoms with van der Waals surface area (Å²) in [6, 6.07) is 15.0. The molecule has 0 bridgehead atoms. The van der Waals surface area contributed by atoms with Gasteiger partial charge in [0.05, 0.1) is 36.8 Å². The van der Waals surface area contributed by atoms with Crippen LogP contribution in [0, 0.1) is 11.7 Å². The molecule has 4 rings (SSSR count). The highest BCUT2D eigenvalue weighted by Gasteiger charge is 2.28. The fourth-order valence-electron chi connectivity index (χ4n) is 4.53. The summed E-state index contributed by atoms with van der Waals surface area (Å²) >= 11 is 0. The number of amides is 1. The summed E-state index contributed by atoms with van der Waals surface area (Å²) in [5.41, 5.74) is 2.03. The van der Waals surface area contributed by atoms with E-state index in [0.717, 1.165) is 18.4 Å². The van der Waals surface area contributed by atoms with Crippen molar-refractivity contribution in [2.24, 2.45) is 5.92 Å². The van der Waals surface area contributed by atoms with Crippen LogP contribution >= 0.6 is 0 Å². The lowest BCUT2D eigenvalue weighted by Crippen LogP contribution is -2.38. The third-order valence-electron chi connectivity index (χ3n) is 6.37. The average molecular weight is 528 g/mol. The SMILES string of the molecule is CC(C)CC(=O)N(Cc1cnc(S(=O)(=O)Cc2ccc(F)cc2)n1Cc1ccccc1)CC1CCCO1. The molecule has 3 aromatic rings. The second kappa shape index (κ2) is 12.0. The van der Waals surface area contributed by atoms with Crippen molar-refractivity contribution in [3.8, 4) is 0 Å². The lowest BCUT2D eigenvalue weighted by atomic mass is 10.1. The van der Waals surface area contributed by atoms with E-state index in [1.54, 1.807) is 15.7 Å². The van der Waals surface area contributed by atoms with Crippen LogP contribution in [0.1, 0.15) is 49.9 Å². The summed E-state index contributed by atoms with van der Waals surface area (Å²) in [5.74, 6) is -0.523. The number of carbonyl (C=O) groups excluding carboxylic acids is 1. The maximum Gasteiger partial charge on any atom is 0.228 e. The van der Waals surface area contributed by atoms with Crippen LogP contribution in [0.5, 0.6) is 0 Å². The van der Waals surface area contributed by atoms with Gasteiger partial charge in [0.15, 0.2) is 0 Å². The highest BCUT2D eigenvalue weighted by molar-refractivity contribution is 7.90. The van der Waals surface area contributed by atoms with Crippen molar-refractivity contribution in [3.63, 3.8) is 0 Å². The molecule has 0 radical (unpaired) electrons. The smallest absolute Gasteiger partial charge is 0.228 e. The van der Waals surface area contributed by atoms with E-state index in [0.29, 0.717) is 37.4 Å². The number of carbonyl (C=O) groups is 1. The van der Waals surface area contributed by atoms with Gasteiger partial charge in [-0.3, -0.25) is 4.79 Å². The van der Waals surface area contributed by atoms with Crippen LogP contribution in [0.2, 0.25) is 0 Å². The predicted molar refractivity (Wildman–Crippen MR) is 139 cm³/mol. The number of sulfone groups is 1. The van der Waals surface area contributed by atoms with Gasteiger partial charge in [-0.05, 0) is 42.0 Å². The van der Waals surface area contributed by atoms with E-state index in [-0.39, 0.29) is 35.4 Å². The molecule has 1 atom stereocenters. The molecular formula is C28H34FN3O4S. The standard InChI is InChI=1S/C28H34FN3O4S/c1-21(2)15-27(33)31(19-26-9-6-14-36-26)18-25-16-30-28(32(25)17-22-7-4-3-5-8-22)37(34,35)20-23-10-12-24(29)13-11-23/h3-5,7-8,10-13,16,21,26H,6,9,14-15,17-20H2,1-2H3. The molecule has 1 fully saturated rings. The lowest BCUT2D eigenvalue weighted by molar-refractivity contribution is -0.134. The number of ether oxygens (including phenoxy) is 1. The molecule has 1 aliphatic rings. The Hall–Kier alpha value is -3.04. The summed E-state index contributed by atoms with van der Waals surface area (Å²) in [5, 5.41) is -0.0657. The number of aromatic nitrogens is 2. The Morgan fingerprint density at radius 1 is 1.14 bits per heavy atom. The molecule has 9 heteroatoms. The van der Waals surface area contributed by atoms with Crippen LogP contribution in [-0.4, -0.2) is 48.0 Å². The minimum atomic E-state index is -3.85. The van der Waals surface area contributed by atoms with Crippen LogP contribution in [0.3, 0.4) is 0 Å². The molecule has 0 saturated carbocycles. The minimum absolute atomic E-state index is 0.00804. The van der Waals surface area contributed by atoms with E-state index >= 15 is 0 Å². The van der Waals surface area contributed by atoms with Crippen molar-refractivity contribution in [1.82, 2.24) is 14.5 Å². The summed E-state index contributed by atoms with van der Waals surface area (Å²) in [4.78, 5) is 19.3. The second-order valence-electron chi connectivity index (χ2n) is 10.00. The van der Waals surface area contributed by atoms with Crippen LogP contribution in [0.25, 0.3) is 0 Å². The summed E-state index contributed by atoms with van der Waals surface area (Å²) in [6.07, 6.45) is 3.78. The normalized spacial score (nSPS) is 15.8. The van der Waals surface area contributed by atoms with E-state index in [1.807, 2.05) is 44.2 Å². The number of imidazole rings is 1. The van der Waals surface area contributed by atoms with Crippen LogP contribution in [-0.2, 0) is 38.2 Å². The third kappa shape index (κ3) is 7.26. The predicted octanol–water partition coefficient (Wildman–Crippen LogP) is 4.60.